The van der Waals surface area contributed by atoms with E-state index in [4.69, 9.17) is 0 Å². The number of thioether (sulfide) groups is 1. The zero-order chi connectivity index (χ0) is 42.3. The third kappa shape index (κ3) is 5.18. The predicted molar refractivity (Wildman–Crippen MR) is 262 cm³/mol. The number of nitriles is 1. The summed E-state index contributed by atoms with van der Waals surface area (Å²) in [6, 6.07) is 41.8. The van der Waals surface area contributed by atoms with E-state index in [0.29, 0.717) is 5.92 Å². The number of rotatable bonds is 3. The zero-order valence-corrected chi connectivity index (χ0v) is 37.0. The van der Waals surface area contributed by atoms with E-state index >= 15 is 0 Å². The third-order valence-electron chi connectivity index (χ3n) is 14.7. The van der Waals surface area contributed by atoms with Crippen LogP contribution in [0.1, 0.15) is 93.5 Å². The maximum absolute atomic E-state index is 10.2. The van der Waals surface area contributed by atoms with Crippen molar-refractivity contribution in [1.29, 1.82) is 5.26 Å². The third-order valence-corrected chi connectivity index (χ3v) is 16.2. The molecule has 12 rings (SSSR count). The summed E-state index contributed by atoms with van der Waals surface area (Å²) in [6.45, 7) is 14.0. The summed E-state index contributed by atoms with van der Waals surface area (Å²) in [7, 11) is 0. The fraction of sp³-hybridized carbons (Fsp3) is 0.224. The first-order valence-electron chi connectivity index (χ1n) is 22.2. The molecule has 4 heteroatoms. The highest BCUT2D eigenvalue weighted by Crippen LogP contribution is 2.67. The van der Waals surface area contributed by atoms with Crippen molar-refractivity contribution in [3.8, 4) is 22.9 Å². The van der Waals surface area contributed by atoms with Crippen LogP contribution in [0.25, 0.3) is 55.5 Å². The summed E-state index contributed by atoms with van der Waals surface area (Å²) in [5.41, 5.74) is 16.0. The minimum absolute atomic E-state index is 0.0611. The smallest absolute Gasteiger partial charge is 0.0988 e. The topological polar surface area (TPSA) is 32.0 Å². The normalized spacial score (nSPS) is 24.2. The van der Waals surface area contributed by atoms with Crippen LogP contribution in [0.3, 0.4) is 0 Å². The molecular formula is C58H49N3S. The Bertz CT molecular complexity index is 3300. The Morgan fingerprint density at radius 1 is 0.774 bits per heavy atom. The summed E-state index contributed by atoms with van der Waals surface area (Å²) in [6.07, 6.45) is 21.7. The molecule has 0 N–H and O–H groups in total. The molecule has 3 heterocycles. The molecule has 6 aromatic carbocycles. The molecule has 5 atom stereocenters. The molecule has 1 aromatic heterocycles. The van der Waals surface area contributed by atoms with Crippen LogP contribution < -0.4 is 4.90 Å². The number of benzene rings is 6. The molecule has 62 heavy (non-hydrogen) atoms. The van der Waals surface area contributed by atoms with Gasteiger partial charge in [-0.3, -0.25) is 0 Å². The van der Waals surface area contributed by atoms with Crippen molar-refractivity contribution in [2.24, 2.45) is 0 Å². The van der Waals surface area contributed by atoms with E-state index in [0.717, 1.165) is 12.0 Å². The highest BCUT2D eigenvalue weighted by atomic mass is 32.2. The van der Waals surface area contributed by atoms with Gasteiger partial charge in [0.15, 0.2) is 0 Å². The van der Waals surface area contributed by atoms with Gasteiger partial charge in [-0.2, -0.15) is 5.26 Å². The molecule has 3 nitrogen and oxygen atoms in total. The van der Waals surface area contributed by atoms with Gasteiger partial charge in [-0.15, -0.1) is 11.8 Å². The average molecular weight is 820 g/mol. The Hall–Kier alpha value is -6.28. The van der Waals surface area contributed by atoms with E-state index in [1.54, 1.807) is 0 Å². The zero-order valence-electron chi connectivity index (χ0n) is 36.2. The maximum Gasteiger partial charge on any atom is 0.0988 e. The van der Waals surface area contributed by atoms with Gasteiger partial charge in [-0.05, 0) is 130 Å². The van der Waals surface area contributed by atoms with Gasteiger partial charge >= 0.3 is 0 Å². The van der Waals surface area contributed by atoms with Crippen molar-refractivity contribution in [3.05, 3.63) is 185 Å². The second-order valence-corrected chi connectivity index (χ2v) is 21.1. The summed E-state index contributed by atoms with van der Waals surface area (Å²) >= 11 is 1.94. The van der Waals surface area contributed by atoms with E-state index in [2.05, 4.69) is 215 Å². The molecule has 0 spiro atoms. The molecule has 0 fully saturated rings. The van der Waals surface area contributed by atoms with Crippen LogP contribution in [0.15, 0.2) is 162 Å². The summed E-state index contributed by atoms with van der Waals surface area (Å²) < 4.78 is 2.21. The van der Waals surface area contributed by atoms with Crippen LogP contribution in [0, 0.1) is 11.3 Å². The second kappa shape index (κ2) is 13.1. The van der Waals surface area contributed by atoms with Crippen molar-refractivity contribution in [2.45, 2.75) is 86.3 Å². The lowest BCUT2D eigenvalue weighted by atomic mass is 9.77. The van der Waals surface area contributed by atoms with Gasteiger partial charge < -0.3 is 9.47 Å². The Balaban J connectivity index is 1.11. The number of hydrogen-bond donors (Lipinski definition) is 0. The molecule has 0 bridgehead atoms. The van der Waals surface area contributed by atoms with Gasteiger partial charge in [-0.25, -0.2) is 0 Å². The number of aromatic nitrogens is 1. The van der Waals surface area contributed by atoms with Crippen molar-refractivity contribution >= 4 is 61.8 Å². The average Bonchev–Trinajstić information content (AvgIpc) is 3.87. The number of para-hydroxylation sites is 1. The maximum atomic E-state index is 10.2. The van der Waals surface area contributed by atoms with Crippen LogP contribution in [0.4, 0.5) is 11.4 Å². The molecular weight excluding hydrogens is 771 g/mol. The van der Waals surface area contributed by atoms with Crippen LogP contribution >= 0.6 is 11.8 Å². The number of nitrogens with zero attached hydrogens (tertiary/aromatic N) is 3. The first kappa shape index (κ1) is 37.5. The fourth-order valence-corrected chi connectivity index (χ4v) is 13.3. The van der Waals surface area contributed by atoms with Gasteiger partial charge in [0, 0.05) is 49.1 Å². The predicted octanol–water partition coefficient (Wildman–Crippen LogP) is 15.5. The largest absolute Gasteiger partial charge is 0.331 e. The van der Waals surface area contributed by atoms with E-state index in [1.165, 1.54) is 93.5 Å². The highest BCUT2D eigenvalue weighted by Gasteiger charge is 2.53. The lowest BCUT2D eigenvalue weighted by Gasteiger charge is -2.40. The monoisotopic (exact) mass is 819 g/mol. The van der Waals surface area contributed by atoms with Crippen LogP contribution in [-0.4, -0.2) is 14.9 Å². The molecule has 0 radical (unpaired) electrons. The Morgan fingerprint density at radius 2 is 1.55 bits per heavy atom. The highest BCUT2D eigenvalue weighted by molar-refractivity contribution is 8.01. The SMILES string of the molecule is CC1CC=Cc2c(-n3c4ccccc4c4cc(-c5cc6c(c7c5SC5(C)C=C(C#N)C=CC75)N(c5ccc(C(C)(C)C)cc5)C5(C)C=CC=CC65)ccc43)cc3ccccc3c21. The number of anilines is 2. The molecule has 0 amide bonds. The lowest BCUT2D eigenvalue weighted by Crippen LogP contribution is -2.42. The van der Waals surface area contributed by atoms with Gasteiger partial charge in [0.2, 0.25) is 0 Å². The minimum Gasteiger partial charge on any atom is -0.331 e. The van der Waals surface area contributed by atoms with Crippen molar-refractivity contribution in [1.82, 2.24) is 4.57 Å². The Kier molecular flexibility index (Phi) is 7.93. The quantitative estimate of drug-likeness (QED) is 0.178. The van der Waals surface area contributed by atoms with E-state index in [-0.39, 0.29) is 27.5 Å². The van der Waals surface area contributed by atoms with Crippen molar-refractivity contribution < 1.29 is 0 Å². The van der Waals surface area contributed by atoms with E-state index in [1.807, 2.05) is 11.8 Å². The number of allylic oxidation sites excluding steroid dienone is 6. The van der Waals surface area contributed by atoms with Gasteiger partial charge in [-0.1, -0.05) is 131 Å². The van der Waals surface area contributed by atoms with Gasteiger partial charge in [0.1, 0.15) is 0 Å². The first-order chi connectivity index (χ1) is 30.0. The fourth-order valence-electron chi connectivity index (χ4n) is 11.7. The second-order valence-electron chi connectivity index (χ2n) is 19.6. The Morgan fingerprint density at radius 3 is 2.35 bits per heavy atom. The minimum atomic E-state index is -0.311. The summed E-state index contributed by atoms with van der Waals surface area (Å²) in [5, 5.41) is 15.3. The van der Waals surface area contributed by atoms with Crippen molar-refractivity contribution in [3.63, 3.8) is 0 Å². The van der Waals surface area contributed by atoms with Crippen LogP contribution in [0.5, 0.6) is 0 Å². The van der Waals surface area contributed by atoms with Gasteiger partial charge in [0.25, 0.3) is 0 Å². The van der Waals surface area contributed by atoms with Crippen LogP contribution in [0.2, 0.25) is 0 Å². The molecule has 5 unspecified atom stereocenters. The lowest BCUT2D eigenvalue weighted by molar-refractivity contribution is 0.541. The molecule has 0 saturated carbocycles. The number of fused-ring (bicyclic) bond motifs is 13. The first-order valence-corrected chi connectivity index (χ1v) is 23.0. The molecule has 302 valence electrons. The number of hydrogen-bond acceptors (Lipinski definition) is 3. The molecule has 7 aromatic rings. The van der Waals surface area contributed by atoms with Crippen LogP contribution in [-0.2, 0) is 5.41 Å². The summed E-state index contributed by atoms with van der Waals surface area (Å²) in [4.78, 5) is 3.95. The molecule has 3 aliphatic carbocycles. The molecule has 2 aliphatic heterocycles. The molecule has 0 saturated heterocycles. The van der Waals surface area contributed by atoms with Crippen molar-refractivity contribution in [2.75, 3.05) is 4.90 Å². The van der Waals surface area contributed by atoms with E-state index < -0.39 is 0 Å². The standard InChI is InChI=1S/C58H49N3S/c1-35-14-13-18-43-51(31-37-15-7-8-16-41(37)52(35)43)60-49-20-10-9-17-42(49)45-30-38(22-28-50(45)60)44-32-46-47-19-11-12-29-57(47,5)61(40-25-23-39(24-26-40)56(2,3)4)54(46)53-48-27-21-36(34-59)33-58(48,6)62-55(44)53/h7-13,15-33,35,47-48H,14H2,1-6H3. The molecule has 5 aliphatic rings. The van der Waals surface area contributed by atoms with E-state index in [9.17, 15) is 5.26 Å². The Labute approximate surface area is 369 Å². The summed E-state index contributed by atoms with van der Waals surface area (Å²) in [5.74, 6) is 0.693. The van der Waals surface area contributed by atoms with Gasteiger partial charge in [0.05, 0.1) is 34.0 Å².